The molecule has 1 atom stereocenters. The summed E-state index contributed by atoms with van der Waals surface area (Å²) in [5.41, 5.74) is 4.70. The number of hydrogen-bond donors (Lipinski definition) is 1. The Labute approximate surface area is 116 Å². The van der Waals surface area contributed by atoms with Gasteiger partial charge in [-0.1, -0.05) is 12.1 Å². The number of nitrogens with one attached hydrogen (secondary N) is 1. The van der Waals surface area contributed by atoms with E-state index in [0.29, 0.717) is 0 Å². The summed E-state index contributed by atoms with van der Waals surface area (Å²) in [7, 11) is 0. The summed E-state index contributed by atoms with van der Waals surface area (Å²) < 4.78 is 2.93. The summed E-state index contributed by atoms with van der Waals surface area (Å²) in [4.78, 5) is 7.35. The summed E-state index contributed by atoms with van der Waals surface area (Å²) in [5, 5.41) is 0. The average molecular weight is 269 g/mol. The molecule has 0 amide bonds. The lowest BCUT2D eigenvalue weighted by Crippen LogP contribution is -2.07. The van der Waals surface area contributed by atoms with Gasteiger partial charge < -0.3 is 9.55 Å². The summed E-state index contributed by atoms with van der Waals surface area (Å²) in [6.45, 7) is 4.27. The molecule has 0 saturated heterocycles. The Bertz CT molecular complexity index is 771. The number of para-hydroxylation sites is 1. The molecule has 0 fully saturated rings. The van der Waals surface area contributed by atoms with Gasteiger partial charge in [0, 0.05) is 12.4 Å². The normalized spacial score (nSPS) is 12.7. The van der Waals surface area contributed by atoms with E-state index in [1.807, 2.05) is 30.6 Å². The molecule has 3 rings (SSSR count). The molecule has 1 aromatic carbocycles. The van der Waals surface area contributed by atoms with E-state index < -0.39 is 0 Å². The van der Waals surface area contributed by atoms with E-state index in [2.05, 4.69) is 40.5 Å². The predicted molar refractivity (Wildman–Crippen MR) is 79.9 cm³/mol. The number of benzene rings is 1. The first kappa shape index (κ1) is 12.1. The molecule has 0 aliphatic carbocycles. The van der Waals surface area contributed by atoms with E-state index in [4.69, 9.17) is 12.2 Å². The molecule has 3 aromatic rings. The third kappa shape index (κ3) is 1.98. The van der Waals surface area contributed by atoms with Crippen LogP contribution in [0.1, 0.15) is 24.1 Å². The molecule has 19 heavy (non-hydrogen) atoms. The second kappa shape index (κ2) is 4.63. The van der Waals surface area contributed by atoms with Crippen LogP contribution in [0.5, 0.6) is 0 Å². The van der Waals surface area contributed by atoms with Crippen LogP contribution in [-0.2, 0) is 0 Å². The van der Waals surface area contributed by atoms with Crippen LogP contribution in [0, 0.1) is 11.7 Å². The highest BCUT2D eigenvalue weighted by molar-refractivity contribution is 7.71. The number of H-pyrrole nitrogens is 1. The second-order valence-corrected chi connectivity index (χ2v) is 5.11. The van der Waals surface area contributed by atoms with Gasteiger partial charge in [-0.25, -0.2) is 0 Å². The Hall–Kier alpha value is -1.94. The van der Waals surface area contributed by atoms with Gasteiger partial charge in [-0.2, -0.15) is 0 Å². The molecule has 1 N–H and O–H groups in total. The quantitative estimate of drug-likeness (QED) is 0.713. The number of aryl methyl sites for hydroxylation is 1. The van der Waals surface area contributed by atoms with E-state index in [-0.39, 0.29) is 6.04 Å². The van der Waals surface area contributed by atoms with Crippen molar-refractivity contribution in [1.29, 1.82) is 0 Å². The van der Waals surface area contributed by atoms with Crippen LogP contribution < -0.4 is 0 Å². The van der Waals surface area contributed by atoms with Crippen LogP contribution in [0.4, 0.5) is 0 Å². The molecule has 0 aliphatic heterocycles. The molecule has 96 valence electrons. The Morgan fingerprint density at radius 2 is 1.95 bits per heavy atom. The van der Waals surface area contributed by atoms with Crippen LogP contribution in [0.3, 0.4) is 0 Å². The molecular weight excluding hydrogens is 254 g/mol. The number of imidazole rings is 1. The number of pyridine rings is 1. The van der Waals surface area contributed by atoms with Crippen LogP contribution in [0.15, 0.2) is 42.7 Å². The summed E-state index contributed by atoms with van der Waals surface area (Å²) >= 11 is 5.48. The zero-order valence-electron chi connectivity index (χ0n) is 10.9. The molecule has 0 radical (unpaired) electrons. The van der Waals surface area contributed by atoms with Crippen LogP contribution >= 0.6 is 12.2 Å². The van der Waals surface area contributed by atoms with Crippen molar-refractivity contribution in [3.63, 3.8) is 0 Å². The van der Waals surface area contributed by atoms with Crippen molar-refractivity contribution in [3.05, 3.63) is 58.6 Å². The van der Waals surface area contributed by atoms with Gasteiger partial charge in [0.05, 0.1) is 17.1 Å². The van der Waals surface area contributed by atoms with E-state index in [9.17, 15) is 0 Å². The molecular formula is C15H15N3S. The maximum atomic E-state index is 5.48. The molecule has 2 aromatic heterocycles. The van der Waals surface area contributed by atoms with Crippen molar-refractivity contribution in [3.8, 4) is 0 Å². The highest BCUT2D eigenvalue weighted by Crippen LogP contribution is 2.26. The maximum absolute atomic E-state index is 5.48. The van der Waals surface area contributed by atoms with E-state index in [1.165, 1.54) is 16.6 Å². The summed E-state index contributed by atoms with van der Waals surface area (Å²) in [5.74, 6) is 0. The van der Waals surface area contributed by atoms with E-state index in [1.54, 1.807) is 0 Å². The molecule has 3 nitrogen and oxygen atoms in total. The number of rotatable bonds is 2. The van der Waals surface area contributed by atoms with Gasteiger partial charge in [-0.05, 0) is 55.4 Å². The highest BCUT2D eigenvalue weighted by Gasteiger charge is 2.14. The predicted octanol–water partition coefficient (Wildman–Crippen LogP) is 4.01. The fraction of sp³-hybridized carbons (Fsp3) is 0.200. The first-order valence-electron chi connectivity index (χ1n) is 6.28. The molecule has 0 aliphatic rings. The van der Waals surface area contributed by atoms with E-state index in [0.717, 1.165) is 10.3 Å². The van der Waals surface area contributed by atoms with Gasteiger partial charge in [0.25, 0.3) is 0 Å². The minimum Gasteiger partial charge on any atom is -0.331 e. The van der Waals surface area contributed by atoms with Crippen molar-refractivity contribution in [2.45, 2.75) is 19.9 Å². The van der Waals surface area contributed by atoms with Gasteiger partial charge in [-0.15, -0.1) is 0 Å². The summed E-state index contributed by atoms with van der Waals surface area (Å²) in [6.07, 6.45) is 3.63. The molecule has 2 heterocycles. The lowest BCUT2D eigenvalue weighted by Gasteiger charge is -2.15. The first-order chi connectivity index (χ1) is 9.18. The molecule has 0 spiro atoms. The fourth-order valence-electron chi connectivity index (χ4n) is 2.52. The Morgan fingerprint density at radius 3 is 2.68 bits per heavy atom. The molecule has 0 saturated carbocycles. The van der Waals surface area contributed by atoms with Crippen LogP contribution in [-0.4, -0.2) is 14.5 Å². The van der Waals surface area contributed by atoms with Crippen molar-refractivity contribution in [2.24, 2.45) is 0 Å². The van der Waals surface area contributed by atoms with Crippen molar-refractivity contribution in [2.75, 3.05) is 0 Å². The highest BCUT2D eigenvalue weighted by atomic mass is 32.1. The number of aromatic amines is 1. The van der Waals surface area contributed by atoms with Crippen molar-refractivity contribution >= 4 is 23.3 Å². The molecule has 0 bridgehead atoms. The van der Waals surface area contributed by atoms with Gasteiger partial charge in [0.2, 0.25) is 0 Å². The van der Waals surface area contributed by atoms with Crippen LogP contribution in [0.25, 0.3) is 11.0 Å². The molecule has 4 heteroatoms. The van der Waals surface area contributed by atoms with Gasteiger partial charge >= 0.3 is 0 Å². The summed E-state index contributed by atoms with van der Waals surface area (Å²) in [6, 6.07) is 10.5. The minimum absolute atomic E-state index is 0.186. The second-order valence-electron chi connectivity index (χ2n) is 4.73. The maximum Gasteiger partial charge on any atom is 0.178 e. The lowest BCUT2D eigenvalue weighted by atomic mass is 10.1. The largest absolute Gasteiger partial charge is 0.331 e. The minimum atomic E-state index is 0.186. The fourth-order valence-corrected chi connectivity index (χ4v) is 2.88. The van der Waals surface area contributed by atoms with Gasteiger partial charge in [0.15, 0.2) is 4.77 Å². The third-order valence-electron chi connectivity index (χ3n) is 3.51. The van der Waals surface area contributed by atoms with Gasteiger partial charge in [-0.3, -0.25) is 4.98 Å². The Morgan fingerprint density at radius 1 is 1.21 bits per heavy atom. The lowest BCUT2D eigenvalue weighted by molar-refractivity contribution is 0.647. The Balaban J connectivity index is 2.26. The number of hydrogen-bond acceptors (Lipinski definition) is 2. The van der Waals surface area contributed by atoms with Crippen molar-refractivity contribution < 1.29 is 0 Å². The van der Waals surface area contributed by atoms with Crippen LogP contribution in [0.2, 0.25) is 0 Å². The zero-order chi connectivity index (χ0) is 13.4. The number of fused-ring (bicyclic) bond motifs is 1. The third-order valence-corrected chi connectivity index (χ3v) is 3.81. The topological polar surface area (TPSA) is 33.6 Å². The van der Waals surface area contributed by atoms with Crippen molar-refractivity contribution in [1.82, 2.24) is 14.5 Å². The molecule has 1 unspecified atom stereocenters. The number of aromatic nitrogens is 3. The number of nitrogens with zero attached hydrogens (tertiary/aromatic N) is 2. The SMILES string of the molecule is Cc1cccc2[nH]c(=S)n(C(C)c3ccncc3)c12. The monoisotopic (exact) mass is 269 g/mol. The smallest absolute Gasteiger partial charge is 0.178 e. The van der Waals surface area contributed by atoms with Gasteiger partial charge in [0.1, 0.15) is 0 Å². The van der Waals surface area contributed by atoms with E-state index >= 15 is 0 Å². The standard InChI is InChI=1S/C15H15N3S/c1-10-4-3-5-13-14(10)18(15(19)17-13)11(2)12-6-8-16-9-7-12/h3-9,11H,1-2H3,(H,17,19). The average Bonchev–Trinajstić information content (AvgIpc) is 2.76. The zero-order valence-corrected chi connectivity index (χ0v) is 11.7. The first-order valence-corrected chi connectivity index (χ1v) is 6.69. The Kier molecular flexibility index (Phi) is 2.95.